The van der Waals surface area contributed by atoms with Crippen LogP contribution in [-0.4, -0.2) is 55.0 Å². The number of oxime groups is 1. The van der Waals surface area contributed by atoms with Crippen molar-refractivity contribution >= 4 is 33.3 Å². The lowest BCUT2D eigenvalue weighted by Crippen LogP contribution is -2.29. The van der Waals surface area contributed by atoms with E-state index in [9.17, 15) is 22.7 Å². The summed E-state index contributed by atoms with van der Waals surface area (Å²) in [6.07, 6.45) is -5.35. The Labute approximate surface area is 169 Å². The summed E-state index contributed by atoms with van der Waals surface area (Å²) in [6, 6.07) is 4.55. The topological polar surface area (TPSA) is 65.9 Å². The molecule has 0 spiro atoms. The number of hydrogen-bond donors (Lipinski definition) is 3. The number of hydrogen-bond acceptors (Lipinski definition) is 6. The standard InChI is InChI=1S/C19H23F4N3O2S/c1-18(2,27)10-28-25-9-16-12(6-19(21,22)23)11-4-3-5-14(17(11)29-16)26-15-8-24-7-13(15)20/h3-5,9,13,15,24,26-27H,6-8,10H2,1-2H3/b25-9+/t13-,15+/m0/s1. The molecule has 0 radical (unpaired) electrons. The number of nitrogens with zero attached hydrogens (tertiary/aromatic N) is 1. The largest absolute Gasteiger partial charge is 0.393 e. The maximum absolute atomic E-state index is 14.0. The van der Waals surface area contributed by atoms with E-state index in [2.05, 4.69) is 15.8 Å². The minimum Gasteiger partial charge on any atom is -0.393 e. The van der Waals surface area contributed by atoms with Crippen molar-refractivity contribution in [3.63, 3.8) is 0 Å². The van der Waals surface area contributed by atoms with Crippen molar-refractivity contribution in [2.75, 3.05) is 25.0 Å². The predicted molar refractivity (Wildman–Crippen MR) is 107 cm³/mol. The minimum absolute atomic E-state index is 0.0949. The molecule has 10 heteroatoms. The van der Waals surface area contributed by atoms with Gasteiger partial charge in [-0.2, -0.15) is 13.2 Å². The molecule has 2 atom stereocenters. The van der Waals surface area contributed by atoms with Gasteiger partial charge in [0.05, 0.1) is 39.5 Å². The second-order valence-corrected chi connectivity index (χ2v) is 8.72. The van der Waals surface area contributed by atoms with E-state index in [-0.39, 0.29) is 18.7 Å². The molecule has 3 N–H and O–H groups in total. The van der Waals surface area contributed by atoms with E-state index in [0.717, 1.165) is 11.3 Å². The van der Waals surface area contributed by atoms with E-state index in [1.54, 1.807) is 18.2 Å². The van der Waals surface area contributed by atoms with E-state index in [1.165, 1.54) is 20.1 Å². The molecule has 3 rings (SSSR count). The van der Waals surface area contributed by atoms with Crippen LogP contribution in [0.15, 0.2) is 23.4 Å². The van der Waals surface area contributed by atoms with Gasteiger partial charge in [-0.1, -0.05) is 17.3 Å². The van der Waals surface area contributed by atoms with Gasteiger partial charge in [0.1, 0.15) is 12.8 Å². The zero-order valence-electron chi connectivity index (χ0n) is 16.0. The zero-order valence-corrected chi connectivity index (χ0v) is 16.8. The maximum Gasteiger partial charge on any atom is 0.393 e. The molecule has 1 aliphatic heterocycles. The summed E-state index contributed by atoms with van der Waals surface area (Å²) < 4.78 is 54.1. The molecule has 1 aromatic carbocycles. The lowest BCUT2D eigenvalue weighted by molar-refractivity contribution is -0.126. The Kier molecular flexibility index (Phi) is 6.35. The molecule has 1 aliphatic rings. The van der Waals surface area contributed by atoms with E-state index < -0.39 is 30.4 Å². The minimum atomic E-state index is -4.40. The normalized spacial score (nSPS) is 20.7. The van der Waals surface area contributed by atoms with Crippen LogP contribution in [-0.2, 0) is 11.3 Å². The van der Waals surface area contributed by atoms with Gasteiger partial charge >= 0.3 is 6.18 Å². The highest BCUT2D eigenvalue weighted by molar-refractivity contribution is 7.21. The van der Waals surface area contributed by atoms with E-state index >= 15 is 0 Å². The highest BCUT2D eigenvalue weighted by Gasteiger charge is 2.32. The smallest absolute Gasteiger partial charge is 0.393 e. The fraction of sp³-hybridized carbons (Fsp3) is 0.526. The molecule has 2 heterocycles. The molecule has 0 bridgehead atoms. The molecule has 5 nitrogen and oxygen atoms in total. The summed E-state index contributed by atoms with van der Waals surface area (Å²) in [5.41, 5.74) is -0.427. The molecular weight excluding hydrogens is 410 g/mol. The van der Waals surface area contributed by atoms with Gasteiger partial charge in [0.25, 0.3) is 0 Å². The quantitative estimate of drug-likeness (QED) is 0.353. The van der Waals surface area contributed by atoms with Gasteiger partial charge in [0, 0.05) is 13.1 Å². The van der Waals surface area contributed by atoms with Crippen molar-refractivity contribution in [1.82, 2.24) is 5.32 Å². The summed E-state index contributed by atoms with van der Waals surface area (Å²) in [5, 5.41) is 19.9. The molecule has 1 saturated heterocycles. The summed E-state index contributed by atoms with van der Waals surface area (Å²) in [7, 11) is 0. The van der Waals surface area contributed by atoms with Gasteiger partial charge < -0.3 is 20.6 Å². The second kappa shape index (κ2) is 8.45. The average molecular weight is 433 g/mol. The fourth-order valence-corrected chi connectivity index (χ4v) is 4.22. The molecule has 29 heavy (non-hydrogen) atoms. The first-order chi connectivity index (χ1) is 13.5. The van der Waals surface area contributed by atoms with Crippen molar-refractivity contribution in [3.05, 3.63) is 28.6 Å². The number of alkyl halides is 4. The molecular formula is C19H23F4N3O2S. The van der Waals surface area contributed by atoms with Crippen molar-refractivity contribution < 1.29 is 27.5 Å². The Bertz CT molecular complexity index is 877. The molecule has 0 amide bonds. The number of thiophene rings is 1. The van der Waals surface area contributed by atoms with Crippen LogP contribution in [0.4, 0.5) is 23.2 Å². The lowest BCUT2D eigenvalue weighted by Gasteiger charge is -2.16. The summed E-state index contributed by atoms with van der Waals surface area (Å²) in [6.45, 7) is 3.66. The number of rotatable bonds is 7. The summed E-state index contributed by atoms with van der Waals surface area (Å²) in [5.74, 6) is 0. The third kappa shape index (κ3) is 5.80. The maximum atomic E-state index is 14.0. The molecule has 0 unspecified atom stereocenters. The molecule has 1 aromatic heterocycles. The number of anilines is 1. The first-order valence-corrected chi connectivity index (χ1v) is 9.95. The lowest BCUT2D eigenvalue weighted by atomic mass is 10.1. The van der Waals surface area contributed by atoms with Gasteiger partial charge in [-0.15, -0.1) is 11.3 Å². The second-order valence-electron chi connectivity index (χ2n) is 7.66. The van der Waals surface area contributed by atoms with Crippen LogP contribution in [0.25, 0.3) is 10.1 Å². The van der Waals surface area contributed by atoms with E-state index in [0.29, 0.717) is 27.2 Å². The van der Waals surface area contributed by atoms with Gasteiger partial charge in [0.2, 0.25) is 0 Å². The van der Waals surface area contributed by atoms with Crippen LogP contribution >= 0.6 is 11.3 Å². The number of fused-ring (bicyclic) bond motifs is 1. The monoisotopic (exact) mass is 433 g/mol. The van der Waals surface area contributed by atoms with Crippen molar-refractivity contribution in [1.29, 1.82) is 0 Å². The van der Waals surface area contributed by atoms with Crippen molar-refractivity contribution in [3.8, 4) is 0 Å². The SMILES string of the molecule is CC(C)(O)CO/N=C/c1sc2c(N[C@@H]3CNC[C@@H]3F)cccc2c1CC(F)(F)F. The van der Waals surface area contributed by atoms with Gasteiger partial charge in [-0.05, 0) is 30.9 Å². The Hall–Kier alpha value is -1.91. The Morgan fingerprint density at radius 3 is 2.72 bits per heavy atom. The van der Waals surface area contributed by atoms with Crippen LogP contribution in [0.3, 0.4) is 0 Å². The third-order valence-corrected chi connectivity index (χ3v) is 5.59. The number of halogens is 4. The van der Waals surface area contributed by atoms with Crippen LogP contribution < -0.4 is 10.6 Å². The average Bonchev–Trinajstić information content (AvgIpc) is 3.15. The van der Waals surface area contributed by atoms with Gasteiger partial charge in [-0.3, -0.25) is 0 Å². The van der Waals surface area contributed by atoms with Crippen molar-refractivity contribution in [2.24, 2.45) is 5.16 Å². The Balaban J connectivity index is 1.94. The number of nitrogens with one attached hydrogen (secondary N) is 2. The van der Waals surface area contributed by atoms with Gasteiger partial charge in [-0.25, -0.2) is 4.39 Å². The van der Waals surface area contributed by atoms with E-state index in [1.807, 2.05) is 0 Å². The van der Waals surface area contributed by atoms with Gasteiger partial charge in [0.15, 0.2) is 0 Å². The first kappa shape index (κ1) is 21.8. The van der Waals surface area contributed by atoms with Crippen LogP contribution in [0.5, 0.6) is 0 Å². The highest BCUT2D eigenvalue weighted by atomic mass is 32.1. The highest BCUT2D eigenvalue weighted by Crippen LogP contribution is 2.39. The molecule has 2 aromatic rings. The van der Waals surface area contributed by atoms with Crippen LogP contribution in [0, 0.1) is 0 Å². The van der Waals surface area contributed by atoms with E-state index in [4.69, 9.17) is 4.84 Å². The first-order valence-electron chi connectivity index (χ1n) is 9.14. The number of aliphatic hydroxyl groups is 1. The summed E-state index contributed by atoms with van der Waals surface area (Å²) in [4.78, 5) is 5.32. The Morgan fingerprint density at radius 1 is 1.34 bits per heavy atom. The number of benzene rings is 1. The molecule has 0 aliphatic carbocycles. The Morgan fingerprint density at radius 2 is 2.10 bits per heavy atom. The van der Waals surface area contributed by atoms with Crippen molar-refractivity contribution in [2.45, 2.75) is 44.3 Å². The predicted octanol–water partition coefficient (Wildman–Crippen LogP) is 3.85. The summed E-state index contributed by atoms with van der Waals surface area (Å²) >= 11 is 1.14. The molecule has 1 fully saturated rings. The van der Waals surface area contributed by atoms with Crippen LogP contribution in [0.1, 0.15) is 24.3 Å². The molecule has 0 saturated carbocycles. The zero-order chi connectivity index (χ0) is 21.2. The third-order valence-electron chi connectivity index (χ3n) is 4.37. The fourth-order valence-electron chi connectivity index (χ4n) is 3.06. The van der Waals surface area contributed by atoms with Crippen LogP contribution in [0.2, 0.25) is 0 Å². The molecule has 160 valence electrons.